The highest BCUT2D eigenvalue weighted by molar-refractivity contribution is 7.89. The molecule has 0 amide bonds. The fourth-order valence-corrected chi connectivity index (χ4v) is 4.10. The summed E-state index contributed by atoms with van der Waals surface area (Å²) in [5.74, 6) is -0.000587. The molecule has 6 nitrogen and oxygen atoms in total. The first kappa shape index (κ1) is 19.5. The summed E-state index contributed by atoms with van der Waals surface area (Å²) in [6.07, 6.45) is 1.41. The summed E-state index contributed by atoms with van der Waals surface area (Å²) in [5, 5.41) is 4.36. The standard InChI is InChI=1S/C19H22ClN3O3S/c1-22(2)11-10-21-15-6-5-7-16(12-15)26-14-27(24,25)23-13-18(20)17-8-3-4-9-19(17)23/h3-9,12-13,21H,10-11,14H2,1-2H3. The van der Waals surface area contributed by atoms with Crippen LogP contribution in [0, 0.1) is 0 Å². The molecule has 0 saturated carbocycles. The highest BCUT2D eigenvalue weighted by Gasteiger charge is 2.19. The minimum atomic E-state index is -3.72. The number of fused-ring (bicyclic) bond motifs is 1. The van der Waals surface area contributed by atoms with Crippen molar-refractivity contribution >= 4 is 38.2 Å². The fourth-order valence-electron chi connectivity index (χ4n) is 2.66. The number of benzene rings is 2. The number of ether oxygens (including phenoxy) is 1. The molecule has 2 aromatic carbocycles. The highest BCUT2D eigenvalue weighted by Crippen LogP contribution is 2.27. The largest absolute Gasteiger partial charge is 0.476 e. The van der Waals surface area contributed by atoms with E-state index in [1.165, 1.54) is 10.2 Å². The SMILES string of the molecule is CN(C)CCNc1cccc(OCS(=O)(=O)n2cc(Cl)c3ccccc32)c1. The Morgan fingerprint density at radius 2 is 1.93 bits per heavy atom. The van der Waals surface area contributed by atoms with Crippen molar-refractivity contribution in [1.29, 1.82) is 0 Å². The number of likely N-dealkylation sites (N-methyl/N-ethyl adjacent to an activating group) is 1. The number of rotatable bonds is 8. The second-order valence-corrected chi connectivity index (χ2v) is 8.62. The molecule has 1 aromatic heterocycles. The van der Waals surface area contributed by atoms with Crippen molar-refractivity contribution in [3.05, 3.63) is 59.8 Å². The van der Waals surface area contributed by atoms with Gasteiger partial charge in [0.05, 0.1) is 10.5 Å². The maximum atomic E-state index is 12.7. The van der Waals surface area contributed by atoms with Crippen molar-refractivity contribution in [3.8, 4) is 5.75 Å². The molecular formula is C19H22ClN3O3S. The van der Waals surface area contributed by atoms with Gasteiger partial charge in [-0.1, -0.05) is 35.9 Å². The van der Waals surface area contributed by atoms with E-state index in [-0.39, 0.29) is 0 Å². The van der Waals surface area contributed by atoms with Crippen LogP contribution in [0.4, 0.5) is 5.69 Å². The first-order chi connectivity index (χ1) is 12.9. The van der Waals surface area contributed by atoms with E-state index < -0.39 is 16.0 Å². The predicted molar refractivity (Wildman–Crippen MR) is 110 cm³/mol. The number of para-hydroxylation sites is 1. The molecule has 0 radical (unpaired) electrons. The number of hydrogen-bond donors (Lipinski definition) is 1. The topological polar surface area (TPSA) is 63.6 Å². The van der Waals surface area contributed by atoms with Gasteiger partial charge in [0, 0.05) is 36.4 Å². The van der Waals surface area contributed by atoms with Gasteiger partial charge in [-0.15, -0.1) is 0 Å². The molecule has 0 spiro atoms. The Balaban J connectivity index is 1.72. The maximum Gasteiger partial charge on any atom is 0.274 e. The van der Waals surface area contributed by atoms with Crippen LogP contribution >= 0.6 is 11.6 Å². The van der Waals surface area contributed by atoms with Gasteiger partial charge in [-0.25, -0.2) is 12.4 Å². The Bertz CT molecular complexity index is 1030. The lowest BCUT2D eigenvalue weighted by Gasteiger charge is -2.13. The Morgan fingerprint density at radius 3 is 2.70 bits per heavy atom. The Hall–Kier alpha value is -2.22. The molecule has 0 saturated heterocycles. The van der Waals surface area contributed by atoms with Crippen molar-refractivity contribution in [2.45, 2.75) is 0 Å². The average molecular weight is 408 g/mol. The number of hydrogen-bond acceptors (Lipinski definition) is 5. The molecule has 0 unspecified atom stereocenters. The molecule has 27 heavy (non-hydrogen) atoms. The van der Waals surface area contributed by atoms with E-state index in [4.69, 9.17) is 16.3 Å². The van der Waals surface area contributed by atoms with Crippen molar-refractivity contribution in [2.24, 2.45) is 0 Å². The fraction of sp³-hybridized carbons (Fsp3) is 0.263. The van der Waals surface area contributed by atoms with E-state index in [0.29, 0.717) is 21.7 Å². The molecule has 1 heterocycles. The van der Waals surface area contributed by atoms with Crippen molar-refractivity contribution < 1.29 is 13.2 Å². The third-order valence-electron chi connectivity index (χ3n) is 4.03. The first-order valence-corrected chi connectivity index (χ1v) is 10.5. The zero-order valence-corrected chi connectivity index (χ0v) is 16.8. The Kier molecular flexibility index (Phi) is 5.94. The van der Waals surface area contributed by atoms with E-state index in [0.717, 1.165) is 18.8 Å². The van der Waals surface area contributed by atoms with Gasteiger partial charge in [-0.3, -0.25) is 0 Å². The van der Waals surface area contributed by atoms with Gasteiger partial charge >= 0.3 is 0 Å². The molecule has 8 heteroatoms. The second kappa shape index (κ2) is 8.21. The Labute approximate surface area is 164 Å². The summed E-state index contributed by atoms with van der Waals surface area (Å²) in [4.78, 5) is 2.08. The number of halogens is 1. The van der Waals surface area contributed by atoms with Crippen molar-refractivity contribution in [2.75, 3.05) is 38.4 Å². The quantitative estimate of drug-likeness (QED) is 0.619. The Morgan fingerprint density at radius 1 is 1.15 bits per heavy atom. The van der Waals surface area contributed by atoms with E-state index in [2.05, 4.69) is 10.2 Å². The van der Waals surface area contributed by atoms with Crippen molar-refractivity contribution in [3.63, 3.8) is 0 Å². The molecule has 0 bridgehead atoms. The minimum Gasteiger partial charge on any atom is -0.476 e. The second-order valence-electron chi connectivity index (χ2n) is 6.42. The third kappa shape index (κ3) is 4.74. The molecule has 0 aliphatic heterocycles. The zero-order chi connectivity index (χ0) is 19.4. The maximum absolute atomic E-state index is 12.7. The lowest BCUT2D eigenvalue weighted by Crippen LogP contribution is -2.21. The monoisotopic (exact) mass is 407 g/mol. The van der Waals surface area contributed by atoms with Gasteiger partial charge in [0.15, 0.2) is 0 Å². The molecule has 1 N–H and O–H groups in total. The lowest BCUT2D eigenvalue weighted by atomic mass is 10.3. The van der Waals surface area contributed by atoms with Gasteiger partial charge in [0.2, 0.25) is 5.94 Å². The summed E-state index contributed by atoms with van der Waals surface area (Å²) in [6.45, 7) is 1.67. The zero-order valence-electron chi connectivity index (χ0n) is 15.2. The number of anilines is 1. The van der Waals surface area contributed by atoms with Crippen LogP contribution in [0.2, 0.25) is 5.02 Å². The van der Waals surface area contributed by atoms with Gasteiger partial charge in [-0.2, -0.15) is 0 Å². The molecule has 0 fully saturated rings. The summed E-state index contributed by atoms with van der Waals surface area (Å²) in [5.41, 5.74) is 1.41. The predicted octanol–water partition coefficient (Wildman–Crippen LogP) is 3.48. The average Bonchev–Trinajstić information content (AvgIpc) is 2.98. The van der Waals surface area contributed by atoms with E-state index in [1.807, 2.05) is 32.3 Å². The molecule has 144 valence electrons. The van der Waals surface area contributed by atoms with Gasteiger partial charge < -0.3 is 15.0 Å². The van der Waals surface area contributed by atoms with E-state index in [9.17, 15) is 8.42 Å². The smallest absolute Gasteiger partial charge is 0.274 e. The summed E-state index contributed by atoms with van der Waals surface area (Å²) < 4.78 is 32.2. The highest BCUT2D eigenvalue weighted by atomic mass is 35.5. The normalized spacial score (nSPS) is 11.9. The van der Waals surface area contributed by atoms with Crippen LogP contribution in [0.15, 0.2) is 54.7 Å². The summed E-state index contributed by atoms with van der Waals surface area (Å²) in [6, 6.07) is 14.3. The lowest BCUT2D eigenvalue weighted by molar-refractivity contribution is 0.375. The summed E-state index contributed by atoms with van der Waals surface area (Å²) >= 11 is 6.15. The molecule has 3 rings (SSSR count). The van der Waals surface area contributed by atoms with Crippen LogP contribution < -0.4 is 10.1 Å². The third-order valence-corrected chi connectivity index (χ3v) is 5.64. The van der Waals surface area contributed by atoms with Gasteiger partial charge in [0.1, 0.15) is 5.75 Å². The summed E-state index contributed by atoms with van der Waals surface area (Å²) in [7, 11) is 0.284. The van der Waals surface area contributed by atoms with Gasteiger partial charge in [-0.05, 0) is 32.3 Å². The van der Waals surface area contributed by atoms with Gasteiger partial charge in [0.25, 0.3) is 10.0 Å². The van der Waals surface area contributed by atoms with Crippen LogP contribution in [-0.2, 0) is 10.0 Å². The minimum absolute atomic E-state index is 0.390. The van der Waals surface area contributed by atoms with E-state index >= 15 is 0 Å². The van der Waals surface area contributed by atoms with Crippen molar-refractivity contribution in [1.82, 2.24) is 8.87 Å². The molecular weight excluding hydrogens is 386 g/mol. The molecule has 0 atom stereocenters. The number of nitrogens with one attached hydrogen (secondary N) is 1. The molecule has 0 aliphatic rings. The molecule has 0 aliphatic carbocycles. The number of nitrogens with zero attached hydrogens (tertiary/aromatic N) is 2. The van der Waals surface area contributed by atoms with Crippen LogP contribution in [0.5, 0.6) is 5.75 Å². The number of aromatic nitrogens is 1. The van der Waals surface area contributed by atoms with Crippen LogP contribution in [0.25, 0.3) is 10.9 Å². The molecule has 3 aromatic rings. The van der Waals surface area contributed by atoms with Crippen LogP contribution in [0.3, 0.4) is 0 Å². The van der Waals surface area contributed by atoms with Crippen LogP contribution in [0.1, 0.15) is 0 Å². The van der Waals surface area contributed by atoms with Crippen LogP contribution in [-0.4, -0.2) is 50.4 Å². The van der Waals surface area contributed by atoms with E-state index in [1.54, 1.807) is 30.3 Å². The first-order valence-electron chi connectivity index (χ1n) is 8.47.